The zero-order chi connectivity index (χ0) is 20.3. The van der Waals surface area contributed by atoms with Gasteiger partial charge in [-0.15, -0.1) is 0 Å². The molecule has 7 nitrogen and oxygen atoms in total. The molecule has 0 aliphatic heterocycles. The molecule has 144 valence electrons. The summed E-state index contributed by atoms with van der Waals surface area (Å²) in [4.78, 5) is 18.9. The van der Waals surface area contributed by atoms with E-state index in [1.165, 1.54) is 18.5 Å². The van der Waals surface area contributed by atoms with E-state index in [4.69, 9.17) is 0 Å². The minimum atomic E-state index is -0.607. The zero-order valence-electron chi connectivity index (χ0n) is 15.1. The van der Waals surface area contributed by atoms with Gasteiger partial charge in [0.25, 0.3) is 0 Å². The Kier molecular flexibility index (Phi) is 5.84. The number of anilines is 4. The molecule has 28 heavy (non-hydrogen) atoms. The fraction of sp³-hybridized carbons (Fsp3) is 0.158. The highest BCUT2D eigenvalue weighted by Crippen LogP contribution is 2.34. The Morgan fingerprint density at radius 3 is 2.29 bits per heavy atom. The molecule has 2 N–H and O–H groups in total. The van der Waals surface area contributed by atoms with Gasteiger partial charge < -0.3 is 10.6 Å². The number of rotatable bonds is 6. The fourth-order valence-corrected chi connectivity index (χ4v) is 2.87. The van der Waals surface area contributed by atoms with E-state index in [2.05, 4.69) is 50.4 Å². The minimum absolute atomic E-state index is 0.0114. The Bertz CT molecular complexity index is 1010. The zero-order valence-corrected chi connectivity index (χ0v) is 16.7. The summed E-state index contributed by atoms with van der Waals surface area (Å²) < 4.78 is 14.7. The molecule has 0 spiro atoms. The number of hydrogen-bond donors (Lipinski definition) is 2. The number of hydrogen-bond acceptors (Lipinski definition) is 6. The fourth-order valence-electron chi connectivity index (χ4n) is 2.54. The number of nitro groups is 1. The van der Waals surface area contributed by atoms with Crippen molar-refractivity contribution in [3.05, 3.63) is 74.8 Å². The second kappa shape index (κ2) is 8.30. The van der Waals surface area contributed by atoms with Gasteiger partial charge in [0.1, 0.15) is 12.1 Å². The Morgan fingerprint density at radius 1 is 1.07 bits per heavy atom. The van der Waals surface area contributed by atoms with Crippen LogP contribution in [0.15, 0.2) is 53.3 Å². The van der Waals surface area contributed by atoms with Gasteiger partial charge in [-0.3, -0.25) is 10.1 Å². The first-order chi connectivity index (χ1) is 13.3. The molecule has 0 radical (unpaired) electrons. The normalized spacial score (nSPS) is 10.8. The maximum atomic E-state index is 14.1. The van der Waals surface area contributed by atoms with E-state index in [1.54, 1.807) is 6.07 Å². The maximum Gasteiger partial charge on any atom is 0.353 e. The van der Waals surface area contributed by atoms with Gasteiger partial charge in [-0.2, -0.15) is 0 Å². The molecule has 0 fully saturated rings. The predicted molar refractivity (Wildman–Crippen MR) is 110 cm³/mol. The van der Waals surface area contributed by atoms with Crippen molar-refractivity contribution < 1.29 is 9.31 Å². The number of halogens is 2. The average Bonchev–Trinajstić information content (AvgIpc) is 2.64. The summed E-state index contributed by atoms with van der Waals surface area (Å²) in [5, 5.41) is 17.3. The van der Waals surface area contributed by atoms with Crippen LogP contribution in [-0.2, 0) is 0 Å². The summed E-state index contributed by atoms with van der Waals surface area (Å²) >= 11 is 3.17. The smallest absolute Gasteiger partial charge is 0.334 e. The van der Waals surface area contributed by atoms with Crippen LogP contribution in [-0.4, -0.2) is 14.9 Å². The molecule has 2 aromatic carbocycles. The van der Waals surface area contributed by atoms with E-state index < -0.39 is 10.7 Å². The highest BCUT2D eigenvalue weighted by Gasteiger charge is 2.24. The monoisotopic (exact) mass is 445 g/mol. The van der Waals surface area contributed by atoms with Crippen molar-refractivity contribution in [3.63, 3.8) is 0 Å². The van der Waals surface area contributed by atoms with Crippen LogP contribution in [0, 0.1) is 15.9 Å². The topological polar surface area (TPSA) is 93.0 Å². The van der Waals surface area contributed by atoms with Gasteiger partial charge in [0.15, 0.2) is 0 Å². The number of benzene rings is 2. The van der Waals surface area contributed by atoms with Crippen LogP contribution in [0.1, 0.15) is 25.3 Å². The summed E-state index contributed by atoms with van der Waals surface area (Å²) in [6.07, 6.45) is 1.18. The van der Waals surface area contributed by atoms with Gasteiger partial charge in [-0.05, 0) is 41.8 Å². The van der Waals surface area contributed by atoms with Crippen LogP contribution in [0.5, 0.6) is 0 Å². The Labute approximate surface area is 169 Å². The second-order valence-electron chi connectivity index (χ2n) is 6.33. The van der Waals surface area contributed by atoms with E-state index in [1.807, 2.05) is 24.3 Å². The van der Waals surface area contributed by atoms with E-state index in [0.717, 1.165) is 5.56 Å². The van der Waals surface area contributed by atoms with Crippen LogP contribution >= 0.6 is 15.9 Å². The van der Waals surface area contributed by atoms with Crippen molar-refractivity contribution in [2.45, 2.75) is 19.8 Å². The predicted octanol–water partition coefficient (Wildman–Crippen LogP) is 5.90. The molecule has 0 bridgehead atoms. The number of nitrogens with one attached hydrogen (secondary N) is 2. The van der Waals surface area contributed by atoms with E-state index >= 15 is 0 Å². The molecule has 1 aromatic heterocycles. The van der Waals surface area contributed by atoms with Crippen molar-refractivity contribution in [2.75, 3.05) is 10.6 Å². The van der Waals surface area contributed by atoms with Gasteiger partial charge in [0.05, 0.1) is 10.6 Å². The third-order valence-corrected chi connectivity index (χ3v) is 4.52. The van der Waals surface area contributed by atoms with Gasteiger partial charge in [0, 0.05) is 10.2 Å². The van der Waals surface area contributed by atoms with E-state index in [0.29, 0.717) is 16.1 Å². The number of nitrogens with zero attached hydrogens (tertiary/aromatic N) is 3. The summed E-state index contributed by atoms with van der Waals surface area (Å²) in [6, 6.07) is 11.9. The van der Waals surface area contributed by atoms with E-state index in [9.17, 15) is 14.5 Å². The molecular formula is C19H17BrFN5O2. The van der Waals surface area contributed by atoms with Gasteiger partial charge in [0.2, 0.25) is 11.6 Å². The third-order valence-electron chi connectivity index (χ3n) is 4.03. The number of aromatic nitrogens is 2. The first-order valence-corrected chi connectivity index (χ1v) is 9.23. The van der Waals surface area contributed by atoms with Crippen molar-refractivity contribution in [1.82, 2.24) is 9.97 Å². The molecule has 0 unspecified atom stereocenters. The lowest BCUT2D eigenvalue weighted by Gasteiger charge is -2.11. The van der Waals surface area contributed by atoms with Crippen LogP contribution < -0.4 is 10.6 Å². The molecule has 0 aliphatic carbocycles. The molecule has 0 aliphatic rings. The van der Waals surface area contributed by atoms with Gasteiger partial charge >= 0.3 is 5.69 Å². The van der Waals surface area contributed by atoms with Crippen molar-refractivity contribution in [3.8, 4) is 0 Å². The van der Waals surface area contributed by atoms with Crippen LogP contribution in [0.25, 0.3) is 0 Å². The van der Waals surface area contributed by atoms with Gasteiger partial charge in [-0.1, -0.05) is 41.9 Å². The Morgan fingerprint density at radius 2 is 1.71 bits per heavy atom. The summed E-state index contributed by atoms with van der Waals surface area (Å²) in [5.41, 5.74) is 1.48. The van der Waals surface area contributed by atoms with Crippen molar-refractivity contribution >= 4 is 44.6 Å². The lowest BCUT2D eigenvalue weighted by molar-refractivity contribution is -0.383. The lowest BCUT2D eigenvalue weighted by atomic mass is 10.0. The second-order valence-corrected chi connectivity index (χ2v) is 7.24. The van der Waals surface area contributed by atoms with Gasteiger partial charge in [-0.25, -0.2) is 14.4 Å². The van der Waals surface area contributed by atoms with Crippen LogP contribution in [0.3, 0.4) is 0 Å². The van der Waals surface area contributed by atoms with Crippen molar-refractivity contribution in [2.24, 2.45) is 0 Å². The molecule has 0 amide bonds. The van der Waals surface area contributed by atoms with Crippen molar-refractivity contribution in [1.29, 1.82) is 0 Å². The first kappa shape index (κ1) is 19.7. The summed E-state index contributed by atoms with van der Waals surface area (Å²) in [7, 11) is 0. The first-order valence-electron chi connectivity index (χ1n) is 8.43. The highest BCUT2D eigenvalue weighted by molar-refractivity contribution is 9.10. The molecule has 1 heterocycles. The van der Waals surface area contributed by atoms with Crippen LogP contribution in [0.4, 0.5) is 33.1 Å². The SMILES string of the molecule is CC(C)c1ccc(Nc2ncnc(Nc3ccc(Br)cc3F)c2[N+](=O)[O-])cc1. The lowest BCUT2D eigenvalue weighted by Crippen LogP contribution is -2.06. The van der Waals surface area contributed by atoms with E-state index in [-0.39, 0.29) is 23.0 Å². The molecule has 0 saturated carbocycles. The third kappa shape index (κ3) is 4.42. The minimum Gasteiger partial charge on any atom is -0.334 e. The maximum absolute atomic E-state index is 14.1. The molecule has 0 saturated heterocycles. The molecule has 3 aromatic rings. The molecular weight excluding hydrogens is 429 g/mol. The molecule has 3 rings (SSSR count). The molecule has 0 atom stereocenters. The van der Waals surface area contributed by atoms with Crippen LogP contribution in [0.2, 0.25) is 0 Å². The standard InChI is InChI=1S/C19H17BrFN5O2/c1-11(2)12-3-6-14(7-4-12)24-18-17(26(27)28)19(23-10-22-18)25-16-8-5-13(20)9-15(16)21/h3-11H,1-2H3,(H2,22,23,24,25). The molecule has 9 heteroatoms. The summed E-state index contributed by atoms with van der Waals surface area (Å²) in [5.74, 6) is -0.292. The average molecular weight is 446 g/mol. The highest BCUT2D eigenvalue weighted by atomic mass is 79.9. The Hall–Kier alpha value is -3.07. The quantitative estimate of drug-likeness (QED) is 0.362. The summed E-state index contributed by atoms with van der Waals surface area (Å²) in [6.45, 7) is 4.16. The largest absolute Gasteiger partial charge is 0.353 e. The Balaban J connectivity index is 1.94.